The van der Waals surface area contributed by atoms with Crippen LogP contribution in [-0.2, 0) is 4.79 Å². The van der Waals surface area contributed by atoms with Gasteiger partial charge in [0.15, 0.2) is 6.61 Å². The van der Waals surface area contributed by atoms with Crippen LogP contribution in [0.1, 0.15) is 11.1 Å². The summed E-state index contributed by atoms with van der Waals surface area (Å²) in [6.07, 6.45) is 0. The highest BCUT2D eigenvalue weighted by molar-refractivity contribution is 6.32. The minimum atomic E-state index is -0.213. The van der Waals surface area contributed by atoms with E-state index in [1.807, 2.05) is 74.5 Å². The largest absolute Gasteiger partial charge is 0.483 e. The van der Waals surface area contributed by atoms with E-state index in [-0.39, 0.29) is 12.5 Å². The Morgan fingerprint density at radius 3 is 2.59 bits per heavy atom. The van der Waals surface area contributed by atoms with Crippen LogP contribution in [0.15, 0.2) is 60.7 Å². The lowest BCUT2D eigenvalue weighted by molar-refractivity contribution is -0.118. The van der Waals surface area contributed by atoms with Gasteiger partial charge in [0.2, 0.25) is 0 Å². The number of para-hydroxylation sites is 1. The normalized spacial score (nSPS) is 10.9. The van der Waals surface area contributed by atoms with Crippen molar-refractivity contribution in [3.05, 3.63) is 76.8 Å². The first-order chi connectivity index (χ1) is 14.0. The summed E-state index contributed by atoms with van der Waals surface area (Å²) in [5.41, 5.74) is 5.37. The third-order valence-electron chi connectivity index (χ3n) is 4.66. The third-order valence-corrected chi connectivity index (χ3v) is 5.06. The van der Waals surface area contributed by atoms with Crippen molar-refractivity contribution in [1.82, 2.24) is 9.97 Å². The number of nitrogens with zero attached hydrogens (tertiary/aromatic N) is 1. The summed E-state index contributed by atoms with van der Waals surface area (Å²) in [5, 5.41) is 3.54. The quantitative estimate of drug-likeness (QED) is 0.459. The standard InChI is InChI=1S/C23H20ClN3O2/c1-14-5-3-4-6-21(14)29-13-22(28)25-17-9-7-16(8-10-17)23-26-19-11-15(2)18(24)12-20(19)27-23/h3-12H,13H2,1-2H3,(H,25,28)(H,26,27). The molecule has 5 nitrogen and oxygen atoms in total. The van der Waals surface area contributed by atoms with E-state index in [0.29, 0.717) is 16.5 Å². The fraction of sp³-hybridized carbons (Fsp3) is 0.130. The number of hydrogen-bond donors (Lipinski definition) is 2. The molecule has 146 valence electrons. The highest BCUT2D eigenvalue weighted by Crippen LogP contribution is 2.26. The number of fused-ring (bicyclic) bond motifs is 1. The molecule has 0 saturated carbocycles. The van der Waals surface area contributed by atoms with Crippen LogP contribution in [0.25, 0.3) is 22.4 Å². The topological polar surface area (TPSA) is 67.0 Å². The molecule has 0 aliphatic rings. The van der Waals surface area contributed by atoms with Gasteiger partial charge in [-0.25, -0.2) is 4.98 Å². The molecule has 0 spiro atoms. The minimum absolute atomic E-state index is 0.0453. The fourth-order valence-electron chi connectivity index (χ4n) is 3.05. The number of anilines is 1. The number of ether oxygens (including phenoxy) is 1. The van der Waals surface area contributed by atoms with Crippen molar-refractivity contribution in [3.63, 3.8) is 0 Å². The molecule has 0 aliphatic heterocycles. The molecule has 1 aromatic heterocycles. The highest BCUT2D eigenvalue weighted by atomic mass is 35.5. The Kier molecular flexibility index (Phi) is 5.23. The van der Waals surface area contributed by atoms with E-state index < -0.39 is 0 Å². The van der Waals surface area contributed by atoms with E-state index in [4.69, 9.17) is 16.3 Å². The molecule has 4 aromatic rings. The number of benzene rings is 3. The molecule has 4 rings (SSSR count). The van der Waals surface area contributed by atoms with Crippen LogP contribution in [-0.4, -0.2) is 22.5 Å². The van der Waals surface area contributed by atoms with Crippen LogP contribution in [0.4, 0.5) is 5.69 Å². The molecular formula is C23H20ClN3O2. The van der Waals surface area contributed by atoms with E-state index in [2.05, 4.69) is 15.3 Å². The summed E-state index contributed by atoms with van der Waals surface area (Å²) in [5.74, 6) is 1.25. The van der Waals surface area contributed by atoms with Gasteiger partial charge in [-0.1, -0.05) is 29.8 Å². The predicted molar refractivity (Wildman–Crippen MR) is 117 cm³/mol. The summed E-state index contributed by atoms with van der Waals surface area (Å²) in [7, 11) is 0. The van der Waals surface area contributed by atoms with Crippen molar-refractivity contribution in [2.24, 2.45) is 0 Å². The highest BCUT2D eigenvalue weighted by Gasteiger charge is 2.09. The summed E-state index contributed by atoms with van der Waals surface area (Å²) in [6, 6.07) is 18.9. The average Bonchev–Trinajstić information content (AvgIpc) is 3.11. The number of carbonyl (C=O) groups excluding carboxylic acids is 1. The van der Waals surface area contributed by atoms with Crippen LogP contribution < -0.4 is 10.1 Å². The van der Waals surface area contributed by atoms with Gasteiger partial charge < -0.3 is 15.0 Å². The van der Waals surface area contributed by atoms with Gasteiger partial charge >= 0.3 is 0 Å². The van der Waals surface area contributed by atoms with Crippen molar-refractivity contribution >= 4 is 34.2 Å². The molecule has 1 amide bonds. The zero-order valence-corrected chi connectivity index (χ0v) is 16.9. The van der Waals surface area contributed by atoms with Crippen LogP contribution in [0.2, 0.25) is 5.02 Å². The maximum atomic E-state index is 12.2. The van der Waals surface area contributed by atoms with Crippen LogP contribution in [0.3, 0.4) is 0 Å². The molecule has 6 heteroatoms. The summed E-state index contributed by atoms with van der Waals surface area (Å²) in [6.45, 7) is 3.86. The van der Waals surface area contributed by atoms with Crippen LogP contribution in [0.5, 0.6) is 5.75 Å². The second-order valence-corrected chi connectivity index (χ2v) is 7.29. The number of amides is 1. The zero-order chi connectivity index (χ0) is 20.4. The Bertz CT molecular complexity index is 1140. The van der Waals surface area contributed by atoms with E-state index >= 15 is 0 Å². The first-order valence-corrected chi connectivity index (χ1v) is 9.62. The van der Waals surface area contributed by atoms with Gasteiger partial charge in [0.1, 0.15) is 11.6 Å². The number of H-pyrrole nitrogens is 1. The molecule has 2 N–H and O–H groups in total. The lowest BCUT2D eigenvalue weighted by Gasteiger charge is -2.09. The maximum Gasteiger partial charge on any atom is 0.262 e. The lowest BCUT2D eigenvalue weighted by Crippen LogP contribution is -2.20. The van der Waals surface area contributed by atoms with Gasteiger partial charge in [-0.3, -0.25) is 4.79 Å². The number of rotatable bonds is 5. The first kappa shape index (κ1) is 19.0. The summed E-state index contributed by atoms with van der Waals surface area (Å²) >= 11 is 6.18. The summed E-state index contributed by atoms with van der Waals surface area (Å²) < 4.78 is 5.58. The van der Waals surface area contributed by atoms with Gasteiger partial charge in [0, 0.05) is 16.3 Å². The Morgan fingerprint density at radius 1 is 1.07 bits per heavy atom. The van der Waals surface area contributed by atoms with Crippen molar-refractivity contribution in [2.45, 2.75) is 13.8 Å². The second kappa shape index (κ2) is 7.97. The van der Waals surface area contributed by atoms with Gasteiger partial charge in [0.25, 0.3) is 5.91 Å². The SMILES string of the molecule is Cc1cc2[nH]c(-c3ccc(NC(=O)COc4ccccc4C)cc3)nc2cc1Cl. The molecule has 0 aliphatic carbocycles. The molecule has 1 heterocycles. The Morgan fingerprint density at radius 2 is 1.83 bits per heavy atom. The van der Waals surface area contributed by atoms with Crippen LogP contribution in [0, 0.1) is 13.8 Å². The van der Waals surface area contributed by atoms with E-state index in [1.54, 1.807) is 0 Å². The van der Waals surface area contributed by atoms with Gasteiger partial charge in [0.05, 0.1) is 11.0 Å². The minimum Gasteiger partial charge on any atom is -0.483 e. The second-order valence-electron chi connectivity index (χ2n) is 6.88. The van der Waals surface area contributed by atoms with Gasteiger partial charge in [-0.15, -0.1) is 0 Å². The number of hydrogen-bond acceptors (Lipinski definition) is 3. The molecular weight excluding hydrogens is 386 g/mol. The van der Waals surface area contributed by atoms with Crippen LogP contribution >= 0.6 is 11.6 Å². The van der Waals surface area contributed by atoms with Gasteiger partial charge in [-0.2, -0.15) is 0 Å². The first-order valence-electron chi connectivity index (χ1n) is 9.24. The number of carbonyl (C=O) groups is 1. The smallest absolute Gasteiger partial charge is 0.262 e. The number of aromatic nitrogens is 2. The van der Waals surface area contributed by atoms with Crippen molar-refractivity contribution < 1.29 is 9.53 Å². The monoisotopic (exact) mass is 405 g/mol. The Hall–Kier alpha value is -3.31. The maximum absolute atomic E-state index is 12.2. The number of aryl methyl sites for hydroxylation is 2. The van der Waals surface area contributed by atoms with Crippen molar-refractivity contribution in [2.75, 3.05) is 11.9 Å². The molecule has 3 aromatic carbocycles. The van der Waals surface area contributed by atoms with E-state index in [9.17, 15) is 4.79 Å². The number of aromatic amines is 1. The van der Waals surface area contributed by atoms with Gasteiger partial charge in [-0.05, 0) is 67.4 Å². The Balaban J connectivity index is 1.42. The molecule has 0 radical (unpaired) electrons. The predicted octanol–water partition coefficient (Wildman–Crippen LogP) is 5.52. The number of nitrogens with one attached hydrogen (secondary N) is 2. The molecule has 0 atom stereocenters. The van der Waals surface area contributed by atoms with E-state index in [1.165, 1.54) is 0 Å². The van der Waals surface area contributed by atoms with Crippen molar-refractivity contribution in [3.8, 4) is 17.1 Å². The Labute approximate surface area is 173 Å². The molecule has 0 fully saturated rings. The molecule has 0 saturated heterocycles. The van der Waals surface area contributed by atoms with Crippen molar-refractivity contribution in [1.29, 1.82) is 0 Å². The van der Waals surface area contributed by atoms with E-state index in [0.717, 1.165) is 33.5 Å². The zero-order valence-electron chi connectivity index (χ0n) is 16.1. The molecule has 0 unspecified atom stereocenters. The average molecular weight is 406 g/mol. The summed E-state index contributed by atoms with van der Waals surface area (Å²) in [4.78, 5) is 20.1. The molecule has 29 heavy (non-hydrogen) atoms. The fourth-order valence-corrected chi connectivity index (χ4v) is 3.20. The number of imidazole rings is 1. The molecule has 0 bridgehead atoms. The number of halogens is 1. The lowest BCUT2D eigenvalue weighted by atomic mass is 10.2. The third kappa shape index (κ3) is 4.25.